The van der Waals surface area contributed by atoms with Gasteiger partial charge >= 0.3 is 0 Å². The molecular weight excluding hydrogens is 632 g/mol. The summed E-state index contributed by atoms with van der Waals surface area (Å²) < 4.78 is 11.6. The molecule has 6 rings (SSSR count). The smallest absolute Gasteiger partial charge is 0.233 e. The predicted molar refractivity (Wildman–Crippen MR) is 185 cm³/mol. The van der Waals surface area contributed by atoms with Crippen LogP contribution in [-0.4, -0.2) is 34.7 Å². The SMILES string of the molecule is O=C(C(=O)c1ccc(Oc2ccc(C(=O)C(=O)c3ccc(Oc4ccc(C(=O)C(=O)c5ccccc5)cc4)cc3)cc2)cc1)c1ccccc1. The van der Waals surface area contributed by atoms with Crippen LogP contribution in [0.4, 0.5) is 0 Å². The number of hydrogen-bond donors (Lipinski definition) is 0. The third-order valence-corrected chi connectivity index (χ3v) is 7.63. The number of benzene rings is 6. The van der Waals surface area contributed by atoms with Crippen LogP contribution in [0.3, 0.4) is 0 Å². The monoisotopic (exact) mass is 658 g/mol. The number of ether oxygens (including phenoxy) is 2. The molecule has 0 N–H and O–H groups in total. The summed E-state index contributed by atoms with van der Waals surface area (Å²) in [5.74, 6) is -2.26. The quantitative estimate of drug-likeness (QED) is 0.0895. The van der Waals surface area contributed by atoms with Crippen molar-refractivity contribution in [3.63, 3.8) is 0 Å². The van der Waals surface area contributed by atoms with Gasteiger partial charge in [-0.2, -0.15) is 0 Å². The summed E-state index contributed by atoms with van der Waals surface area (Å²) in [6.45, 7) is 0. The first-order chi connectivity index (χ1) is 24.3. The van der Waals surface area contributed by atoms with Crippen molar-refractivity contribution in [2.24, 2.45) is 0 Å². The van der Waals surface area contributed by atoms with Gasteiger partial charge in [0.2, 0.25) is 34.7 Å². The molecule has 0 amide bonds. The Morgan fingerprint density at radius 1 is 0.240 bits per heavy atom. The minimum absolute atomic E-state index is 0.170. The molecular formula is C42H26O8. The van der Waals surface area contributed by atoms with Crippen molar-refractivity contribution in [1.29, 1.82) is 0 Å². The number of rotatable bonds is 13. The van der Waals surface area contributed by atoms with Crippen molar-refractivity contribution < 1.29 is 38.2 Å². The lowest BCUT2D eigenvalue weighted by Crippen LogP contribution is -2.14. The van der Waals surface area contributed by atoms with E-state index >= 15 is 0 Å². The Morgan fingerprint density at radius 3 is 0.620 bits per heavy atom. The van der Waals surface area contributed by atoms with E-state index in [1.165, 1.54) is 48.5 Å². The van der Waals surface area contributed by atoms with Gasteiger partial charge in [-0.1, -0.05) is 60.7 Å². The second-order valence-electron chi connectivity index (χ2n) is 11.0. The normalized spacial score (nSPS) is 10.5. The van der Waals surface area contributed by atoms with Crippen molar-refractivity contribution >= 4 is 34.7 Å². The molecule has 8 heteroatoms. The van der Waals surface area contributed by atoms with Crippen molar-refractivity contribution in [2.75, 3.05) is 0 Å². The molecule has 0 fully saturated rings. The molecule has 50 heavy (non-hydrogen) atoms. The maximum Gasteiger partial charge on any atom is 0.233 e. The van der Waals surface area contributed by atoms with Crippen LogP contribution in [0.2, 0.25) is 0 Å². The highest BCUT2D eigenvalue weighted by Crippen LogP contribution is 2.25. The lowest BCUT2D eigenvalue weighted by Gasteiger charge is -2.08. The zero-order valence-corrected chi connectivity index (χ0v) is 26.3. The van der Waals surface area contributed by atoms with Crippen molar-refractivity contribution in [1.82, 2.24) is 0 Å². The van der Waals surface area contributed by atoms with E-state index in [4.69, 9.17) is 9.47 Å². The molecule has 0 saturated carbocycles. The number of carbonyl (C=O) groups is 6. The van der Waals surface area contributed by atoms with Gasteiger partial charge in [-0.05, 0) is 97.1 Å². The molecule has 6 aromatic rings. The summed E-state index contributed by atoms with van der Waals surface area (Å²) in [4.78, 5) is 75.9. The van der Waals surface area contributed by atoms with Crippen LogP contribution in [0.25, 0.3) is 0 Å². The van der Waals surface area contributed by atoms with Crippen LogP contribution < -0.4 is 9.47 Å². The van der Waals surface area contributed by atoms with E-state index in [0.717, 1.165) is 0 Å². The van der Waals surface area contributed by atoms with Crippen LogP contribution in [0, 0.1) is 0 Å². The van der Waals surface area contributed by atoms with Gasteiger partial charge < -0.3 is 9.47 Å². The highest BCUT2D eigenvalue weighted by molar-refractivity contribution is 6.50. The Morgan fingerprint density at radius 2 is 0.420 bits per heavy atom. The Bertz CT molecular complexity index is 2040. The Balaban J connectivity index is 1.02. The Kier molecular flexibility index (Phi) is 9.72. The van der Waals surface area contributed by atoms with Crippen molar-refractivity contribution in [3.8, 4) is 23.0 Å². The molecule has 0 aliphatic carbocycles. The molecule has 0 unspecified atom stereocenters. The topological polar surface area (TPSA) is 121 Å². The van der Waals surface area contributed by atoms with Crippen LogP contribution in [-0.2, 0) is 0 Å². The van der Waals surface area contributed by atoms with E-state index < -0.39 is 34.7 Å². The number of ketones is 6. The molecule has 0 aliphatic rings. The molecule has 0 aliphatic heterocycles. The lowest BCUT2D eigenvalue weighted by atomic mass is 10.0. The second-order valence-corrected chi connectivity index (χ2v) is 11.0. The van der Waals surface area contributed by atoms with E-state index in [1.54, 1.807) is 109 Å². The third kappa shape index (κ3) is 7.56. The summed E-state index contributed by atoms with van der Waals surface area (Å²) >= 11 is 0. The molecule has 242 valence electrons. The molecule has 0 aromatic heterocycles. The zero-order chi connectivity index (χ0) is 35.0. The minimum atomic E-state index is -0.707. The van der Waals surface area contributed by atoms with Gasteiger partial charge in [-0.25, -0.2) is 0 Å². The summed E-state index contributed by atoms with van der Waals surface area (Å²) in [6, 6.07) is 41.0. The number of hydrogen-bond acceptors (Lipinski definition) is 8. The van der Waals surface area contributed by atoms with Crippen LogP contribution >= 0.6 is 0 Å². The van der Waals surface area contributed by atoms with E-state index in [9.17, 15) is 28.8 Å². The molecule has 0 atom stereocenters. The molecule has 6 aromatic carbocycles. The largest absolute Gasteiger partial charge is 0.457 e. The maximum absolute atomic E-state index is 12.9. The van der Waals surface area contributed by atoms with Crippen LogP contribution in [0.1, 0.15) is 62.1 Å². The van der Waals surface area contributed by atoms with E-state index in [2.05, 4.69) is 0 Å². The van der Waals surface area contributed by atoms with Gasteiger partial charge in [0.15, 0.2) is 0 Å². The standard InChI is InChI=1S/C42H26O8/c43-37(27-7-3-1-4-8-27)39(45)29-11-19-33(20-12-29)49-35-23-15-31(16-24-35)41(47)42(48)32-17-25-36(26-18-32)50-34-21-13-30(14-22-34)40(46)38(44)28-9-5-2-6-10-28/h1-26H. The second kappa shape index (κ2) is 14.8. The fourth-order valence-electron chi connectivity index (χ4n) is 4.94. The average Bonchev–Trinajstić information content (AvgIpc) is 3.18. The third-order valence-electron chi connectivity index (χ3n) is 7.63. The first kappa shape index (κ1) is 32.9. The molecule has 0 saturated heterocycles. The van der Waals surface area contributed by atoms with Crippen molar-refractivity contribution in [3.05, 3.63) is 191 Å². The first-order valence-corrected chi connectivity index (χ1v) is 15.4. The van der Waals surface area contributed by atoms with Gasteiger partial charge in [0.1, 0.15) is 23.0 Å². The highest BCUT2D eigenvalue weighted by atomic mass is 16.5. The van der Waals surface area contributed by atoms with Gasteiger partial charge in [-0.15, -0.1) is 0 Å². The van der Waals surface area contributed by atoms with Crippen LogP contribution in [0.5, 0.6) is 23.0 Å². The summed E-state index contributed by atoms with van der Waals surface area (Å²) in [7, 11) is 0. The first-order valence-electron chi connectivity index (χ1n) is 15.4. The Hall–Kier alpha value is -7.06. The van der Waals surface area contributed by atoms with E-state index in [0.29, 0.717) is 34.1 Å². The van der Waals surface area contributed by atoms with E-state index in [-0.39, 0.29) is 22.3 Å². The lowest BCUT2D eigenvalue weighted by molar-refractivity contribution is 0.0817. The summed E-state index contributed by atoms with van der Waals surface area (Å²) in [5, 5.41) is 0. The molecule has 0 radical (unpaired) electrons. The van der Waals surface area contributed by atoms with Crippen molar-refractivity contribution in [2.45, 2.75) is 0 Å². The maximum atomic E-state index is 12.9. The summed E-state index contributed by atoms with van der Waals surface area (Å²) in [6.07, 6.45) is 0. The molecule has 0 spiro atoms. The number of Topliss-reactive ketones (excluding diaryl/α,β-unsaturated/α-hetero) is 6. The molecule has 8 nitrogen and oxygen atoms in total. The molecule has 0 heterocycles. The Labute approximate surface area is 286 Å². The highest BCUT2D eigenvalue weighted by Gasteiger charge is 2.21. The van der Waals surface area contributed by atoms with E-state index in [1.807, 2.05) is 0 Å². The van der Waals surface area contributed by atoms with Crippen LogP contribution in [0.15, 0.2) is 158 Å². The molecule has 0 bridgehead atoms. The minimum Gasteiger partial charge on any atom is -0.457 e. The van der Waals surface area contributed by atoms with Gasteiger partial charge in [0.25, 0.3) is 0 Å². The average molecular weight is 659 g/mol. The summed E-state index contributed by atoms with van der Waals surface area (Å²) in [5.41, 5.74) is 1.42. The van der Waals surface area contributed by atoms with Gasteiger partial charge in [-0.3, -0.25) is 28.8 Å². The predicted octanol–water partition coefficient (Wildman–Crippen LogP) is 8.47. The fourth-order valence-corrected chi connectivity index (χ4v) is 4.94. The van der Waals surface area contributed by atoms with Gasteiger partial charge in [0.05, 0.1) is 0 Å². The zero-order valence-electron chi connectivity index (χ0n) is 26.3. The number of carbonyl (C=O) groups excluding carboxylic acids is 6. The fraction of sp³-hybridized carbons (Fsp3) is 0. The van der Waals surface area contributed by atoms with Gasteiger partial charge in [0, 0.05) is 33.4 Å².